The highest BCUT2D eigenvalue weighted by atomic mass is 16.4. The van der Waals surface area contributed by atoms with Gasteiger partial charge in [-0.15, -0.1) is 0 Å². The van der Waals surface area contributed by atoms with Gasteiger partial charge in [0, 0.05) is 28.6 Å². The molecule has 2 aromatic carbocycles. The van der Waals surface area contributed by atoms with Gasteiger partial charge in [0.15, 0.2) is 0 Å². The van der Waals surface area contributed by atoms with Crippen molar-refractivity contribution in [1.82, 2.24) is 9.88 Å². The first kappa shape index (κ1) is 33.8. The Morgan fingerprint density at radius 3 is 2.30 bits per heavy atom. The van der Waals surface area contributed by atoms with Gasteiger partial charge in [-0.25, -0.2) is 0 Å². The minimum Gasteiger partial charge on any atom is -0.480 e. The van der Waals surface area contributed by atoms with Gasteiger partial charge in [0.25, 0.3) is 0 Å². The minimum atomic E-state index is -0.971. The number of aromatic nitrogens is 1. The average molecular weight is 675 g/mol. The fraction of sp³-hybridized carbons (Fsp3) is 0.600. The summed E-state index contributed by atoms with van der Waals surface area (Å²) in [6.07, 6.45) is 9.64. The van der Waals surface area contributed by atoms with Crippen molar-refractivity contribution in [3.8, 4) is 0 Å². The highest BCUT2D eigenvalue weighted by Crippen LogP contribution is 2.77. The van der Waals surface area contributed by atoms with Gasteiger partial charge < -0.3 is 15.0 Å². The van der Waals surface area contributed by atoms with Gasteiger partial charge in [0.05, 0.1) is 5.41 Å². The number of benzene rings is 2. The Morgan fingerprint density at radius 1 is 0.860 bits per heavy atom. The maximum Gasteiger partial charge on any atom is 0.322 e. The number of nitrogens with zero attached hydrogens (tertiary/aromatic N) is 1. The van der Waals surface area contributed by atoms with Gasteiger partial charge in [0.1, 0.15) is 6.54 Å². The second-order valence-corrected chi connectivity index (χ2v) is 18.7. The maximum atomic E-state index is 14.1. The summed E-state index contributed by atoms with van der Waals surface area (Å²) in [6, 6.07) is 20.1. The van der Waals surface area contributed by atoms with Crippen molar-refractivity contribution in [2.75, 3.05) is 6.54 Å². The fourth-order valence-electron chi connectivity index (χ4n) is 14.4. The molecule has 2 N–H and O–H groups in total. The van der Waals surface area contributed by atoms with Crippen LogP contribution in [0.1, 0.15) is 110 Å². The number of hydrogen-bond acceptors (Lipinski definition) is 2. The summed E-state index contributed by atoms with van der Waals surface area (Å²) in [5, 5.41) is 13.7. The Bertz CT molecular complexity index is 1870. The second-order valence-electron chi connectivity index (χ2n) is 18.7. The largest absolute Gasteiger partial charge is 0.480 e. The van der Waals surface area contributed by atoms with Crippen LogP contribution < -0.4 is 5.32 Å². The molecular weight excluding hydrogens is 617 g/mol. The summed E-state index contributed by atoms with van der Waals surface area (Å²) < 4.78 is 2.67. The first-order chi connectivity index (χ1) is 23.7. The summed E-state index contributed by atoms with van der Waals surface area (Å²) in [5.41, 5.74) is 7.01. The number of amides is 1. The molecule has 4 saturated carbocycles. The molecule has 8 rings (SSSR count). The lowest BCUT2D eigenvalue weighted by molar-refractivity contribution is -0.225. The molecule has 1 aromatic heterocycles. The molecule has 1 amide bonds. The number of hydrogen-bond donors (Lipinski definition) is 2. The Hall–Kier alpha value is -3.34. The van der Waals surface area contributed by atoms with E-state index in [0.29, 0.717) is 23.7 Å². The zero-order valence-electron chi connectivity index (χ0n) is 31.3. The highest BCUT2D eigenvalue weighted by molar-refractivity contribution is 5.87. The Balaban J connectivity index is 1.20. The van der Waals surface area contributed by atoms with Crippen LogP contribution in [-0.2, 0) is 28.0 Å². The number of aliphatic carboxylic acids is 1. The molecule has 1 heterocycles. The standard InChI is InChI=1S/C45H58N2O3/c1-28(2)30-19-22-45(40(50)46-26-37(48)49)24-23-43(6)33(38(30)45)17-18-36-42(5)25-32-31-15-11-12-16-34(31)47(27-29-13-9-8-10-14-29)39(32)41(3,4)35(42)20-21-44(36,43)7/h8-16,30,33,35-36,38H,1,17-27H2,2-7H3,(H,46,50)(H,48,49)/t30?,33?,35?,36?,38?,42-,43+,44+,45-/m0/s1. The number of para-hydroxylation sites is 1. The fourth-order valence-corrected chi connectivity index (χ4v) is 14.4. The zero-order valence-corrected chi connectivity index (χ0v) is 31.3. The van der Waals surface area contributed by atoms with E-state index >= 15 is 0 Å². The summed E-state index contributed by atoms with van der Waals surface area (Å²) in [5.74, 6) is 1.15. The number of nitrogens with one attached hydrogen (secondary N) is 1. The predicted molar refractivity (Wildman–Crippen MR) is 201 cm³/mol. The molecule has 0 radical (unpaired) electrons. The minimum absolute atomic E-state index is 0.0212. The van der Waals surface area contributed by atoms with Crippen LogP contribution in [0.15, 0.2) is 66.7 Å². The average Bonchev–Trinajstić information content (AvgIpc) is 3.62. The van der Waals surface area contributed by atoms with E-state index in [1.807, 2.05) is 0 Å². The lowest BCUT2D eigenvalue weighted by Gasteiger charge is -2.72. The summed E-state index contributed by atoms with van der Waals surface area (Å²) in [6.45, 7) is 20.3. The van der Waals surface area contributed by atoms with Gasteiger partial charge >= 0.3 is 5.97 Å². The van der Waals surface area contributed by atoms with E-state index in [9.17, 15) is 14.7 Å². The zero-order chi connectivity index (χ0) is 35.4. The summed E-state index contributed by atoms with van der Waals surface area (Å²) in [4.78, 5) is 25.6. The molecular formula is C45H58N2O3. The molecule has 266 valence electrons. The molecule has 5 heteroatoms. The summed E-state index contributed by atoms with van der Waals surface area (Å²) >= 11 is 0. The molecule has 5 aliphatic carbocycles. The molecule has 3 aromatic rings. The van der Waals surface area contributed by atoms with Crippen LogP contribution in [0.25, 0.3) is 10.9 Å². The predicted octanol–water partition coefficient (Wildman–Crippen LogP) is 9.56. The quantitative estimate of drug-likeness (QED) is 0.256. The van der Waals surface area contributed by atoms with Gasteiger partial charge in [-0.3, -0.25) is 9.59 Å². The van der Waals surface area contributed by atoms with Crippen molar-refractivity contribution in [2.24, 2.45) is 51.2 Å². The van der Waals surface area contributed by atoms with Gasteiger partial charge in [-0.05, 0) is 128 Å². The molecule has 4 fully saturated rings. The van der Waals surface area contributed by atoms with E-state index < -0.39 is 11.4 Å². The molecule has 5 unspecified atom stereocenters. The number of carboxylic acid groups (broad SMARTS) is 1. The Morgan fingerprint density at radius 2 is 1.58 bits per heavy atom. The van der Waals surface area contributed by atoms with E-state index in [1.165, 1.54) is 41.3 Å². The monoisotopic (exact) mass is 674 g/mol. The van der Waals surface area contributed by atoms with E-state index in [1.54, 1.807) is 11.3 Å². The molecule has 0 saturated heterocycles. The van der Waals surface area contributed by atoms with Crippen LogP contribution in [0.3, 0.4) is 0 Å². The van der Waals surface area contributed by atoms with E-state index in [-0.39, 0.29) is 40.0 Å². The first-order valence-electron chi connectivity index (χ1n) is 19.5. The number of carbonyl (C=O) groups excluding carboxylic acids is 1. The number of allylic oxidation sites excluding steroid dienone is 1. The molecule has 5 nitrogen and oxygen atoms in total. The van der Waals surface area contributed by atoms with Crippen LogP contribution in [0.5, 0.6) is 0 Å². The Kier molecular flexibility index (Phi) is 7.65. The van der Waals surface area contributed by atoms with Crippen molar-refractivity contribution in [3.63, 3.8) is 0 Å². The number of fused-ring (bicyclic) bond motifs is 10. The number of carboxylic acids is 1. The van der Waals surface area contributed by atoms with E-state index in [4.69, 9.17) is 0 Å². The van der Waals surface area contributed by atoms with Crippen LogP contribution in [0.4, 0.5) is 0 Å². The molecule has 0 bridgehead atoms. The third-order valence-electron chi connectivity index (χ3n) is 16.5. The van der Waals surface area contributed by atoms with Crippen LogP contribution >= 0.6 is 0 Å². The molecule has 50 heavy (non-hydrogen) atoms. The lowest BCUT2D eigenvalue weighted by atomic mass is 9.32. The van der Waals surface area contributed by atoms with Crippen molar-refractivity contribution < 1.29 is 14.7 Å². The number of rotatable bonds is 6. The van der Waals surface area contributed by atoms with Crippen LogP contribution in [0, 0.1) is 51.2 Å². The third kappa shape index (κ3) is 4.43. The molecule has 0 spiro atoms. The lowest BCUT2D eigenvalue weighted by Crippen LogP contribution is -2.67. The van der Waals surface area contributed by atoms with E-state index in [0.717, 1.165) is 45.1 Å². The SMILES string of the molecule is C=C(C)C1CC[C@]2(C(=O)NCC(=O)O)CC[C@]3(C)C(CCC4[C@@]5(C)Cc6c(n(Cc7ccccc7)c7ccccc67)C(C)(C)C5CC[C@]43C)C12. The van der Waals surface area contributed by atoms with Crippen molar-refractivity contribution in [3.05, 3.63) is 83.6 Å². The van der Waals surface area contributed by atoms with Crippen molar-refractivity contribution >= 4 is 22.8 Å². The molecule has 9 atom stereocenters. The first-order valence-corrected chi connectivity index (χ1v) is 19.5. The van der Waals surface area contributed by atoms with Crippen molar-refractivity contribution in [2.45, 2.75) is 111 Å². The second kappa shape index (κ2) is 11.3. The topological polar surface area (TPSA) is 71.3 Å². The third-order valence-corrected chi connectivity index (χ3v) is 16.5. The summed E-state index contributed by atoms with van der Waals surface area (Å²) in [7, 11) is 0. The van der Waals surface area contributed by atoms with Crippen LogP contribution in [-0.4, -0.2) is 28.1 Å². The molecule has 0 aliphatic heterocycles. The van der Waals surface area contributed by atoms with Gasteiger partial charge in [-0.1, -0.05) is 95.3 Å². The Labute approximate surface area is 299 Å². The highest BCUT2D eigenvalue weighted by Gasteiger charge is 2.72. The van der Waals surface area contributed by atoms with Crippen molar-refractivity contribution in [1.29, 1.82) is 0 Å². The normalized spacial score (nSPS) is 38.2. The molecule has 5 aliphatic rings. The maximum absolute atomic E-state index is 14.1. The smallest absolute Gasteiger partial charge is 0.322 e. The van der Waals surface area contributed by atoms with Gasteiger partial charge in [-0.2, -0.15) is 0 Å². The van der Waals surface area contributed by atoms with Crippen LogP contribution in [0.2, 0.25) is 0 Å². The van der Waals surface area contributed by atoms with E-state index in [2.05, 4.69) is 113 Å². The van der Waals surface area contributed by atoms with Gasteiger partial charge in [0.2, 0.25) is 5.91 Å². The number of carbonyl (C=O) groups is 2.